The van der Waals surface area contributed by atoms with Gasteiger partial charge in [0.15, 0.2) is 0 Å². The number of rotatable bonds is 5. The number of benzene rings is 1. The average molecular weight is 273 g/mol. The topological polar surface area (TPSA) is 51.6 Å². The summed E-state index contributed by atoms with van der Waals surface area (Å²) in [5.74, 6) is 1.31. The highest BCUT2D eigenvalue weighted by Gasteiger charge is 2.16. The fourth-order valence-electron chi connectivity index (χ4n) is 2.00. The zero-order chi connectivity index (χ0) is 14.5. The van der Waals surface area contributed by atoms with Crippen molar-refractivity contribution >= 4 is 0 Å². The van der Waals surface area contributed by atoms with Gasteiger partial charge >= 0.3 is 0 Å². The Balaban J connectivity index is 2.30. The third-order valence-corrected chi connectivity index (χ3v) is 2.88. The van der Waals surface area contributed by atoms with Crippen LogP contribution in [0.1, 0.15) is 31.1 Å². The van der Waals surface area contributed by atoms with E-state index < -0.39 is 6.10 Å². The summed E-state index contributed by atoms with van der Waals surface area (Å²) in [6, 6.07) is 9.19. The Hall–Kier alpha value is -2.07. The molecule has 106 valence electrons. The van der Waals surface area contributed by atoms with Crippen LogP contribution in [0.4, 0.5) is 0 Å². The molecule has 4 nitrogen and oxygen atoms in total. The van der Waals surface area contributed by atoms with Crippen LogP contribution in [0.15, 0.2) is 42.7 Å². The predicted octanol–water partition coefficient (Wildman–Crippen LogP) is 2.96. The Morgan fingerprint density at radius 1 is 1.20 bits per heavy atom. The molecule has 0 aliphatic carbocycles. The van der Waals surface area contributed by atoms with Gasteiger partial charge in [-0.05, 0) is 37.6 Å². The van der Waals surface area contributed by atoms with Crippen LogP contribution in [-0.4, -0.2) is 23.3 Å². The van der Waals surface area contributed by atoms with Crippen molar-refractivity contribution in [3.8, 4) is 11.5 Å². The van der Waals surface area contributed by atoms with Crippen molar-refractivity contribution < 1.29 is 14.6 Å². The van der Waals surface area contributed by atoms with E-state index in [1.165, 1.54) is 0 Å². The first-order chi connectivity index (χ1) is 9.61. The molecule has 1 heterocycles. The number of aromatic nitrogens is 1. The zero-order valence-corrected chi connectivity index (χ0v) is 11.9. The molecule has 1 aromatic heterocycles. The molecule has 0 radical (unpaired) electrons. The molecular weight excluding hydrogens is 254 g/mol. The summed E-state index contributed by atoms with van der Waals surface area (Å²) in [5, 5.41) is 10.5. The smallest absolute Gasteiger partial charge is 0.143 e. The highest BCUT2D eigenvalue weighted by atomic mass is 16.5. The van der Waals surface area contributed by atoms with Gasteiger partial charge in [-0.15, -0.1) is 0 Å². The summed E-state index contributed by atoms with van der Waals surface area (Å²) in [5.41, 5.74) is 1.44. The third-order valence-electron chi connectivity index (χ3n) is 2.88. The molecule has 1 unspecified atom stereocenters. The van der Waals surface area contributed by atoms with Crippen LogP contribution >= 0.6 is 0 Å². The normalized spacial score (nSPS) is 12.2. The summed E-state index contributed by atoms with van der Waals surface area (Å²) >= 11 is 0. The molecule has 0 spiro atoms. The molecule has 0 aliphatic rings. The number of hydrogen-bond acceptors (Lipinski definition) is 4. The molecule has 1 atom stereocenters. The van der Waals surface area contributed by atoms with E-state index in [4.69, 9.17) is 9.47 Å². The monoisotopic (exact) mass is 273 g/mol. The Kier molecular flexibility index (Phi) is 4.58. The van der Waals surface area contributed by atoms with Gasteiger partial charge in [0.2, 0.25) is 0 Å². The molecular formula is C16H19NO3. The molecule has 0 bridgehead atoms. The second-order valence-electron chi connectivity index (χ2n) is 4.76. The number of nitrogens with zero attached hydrogens (tertiary/aromatic N) is 1. The van der Waals surface area contributed by atoms with Crippen LogP contribution < -0.4 is 9.47 Å². The highest BCUT2D eigenvalue weighted by Crippen LogP contribution is 2.30. The number of aliphatic hydroxyl groups excluding tert-OH is 1. The Morgan fingerprint density at radius 3 is 2.70 bits per heavy atom. The first kappa shape index (κ1) is 14.3. The molecule has 0 aliphatic heterocycles. The summed E-state index contributed by atoms with van der Waals surface area (Å²) in [7, 11) is 1.56. The van der Waals surface area contributed by atoms with E-state index in [2.05, 4.69) is 4.98 Å². The number of pyridine rings is 1. The van der Waals surface area contributed by atoms with Gasteiger partial charge in [-0.1, -0.05) is 12.1 Å². The van der Waals surface area contributed by atoms with E-state index in [9.17, 15) is 5.11 Å². The largest absolute Gasteiger partial charge is 0.495 e. The Bertz CT molecular complexity index is 569. The molecule has 2 rings (SSSR count). The van der Waals surface area contributed by atoms with Crippen molar-refractivity contribution in [1.29, 1.82) is 0 Å². The lowest BCUT2D eigenvalue weighted by Gasteiger charge is -2.16. The fraction of sp³-hybridized carbons (Fsp3) is 0.312. The van der Waals surface area contributed by atoms with Crippen molar-refractivity contribution in [1.82, 2.24) is 4.98 Å². The molecule has 0 fully saturated rings. The third kappa shape index (κ3) is 3.27. The predicted molar refractivity (Wildman–Crippen MR) is 77.1 cm³/mol. The molecule has 20 heavy (non-hydrogen) atoms. The minimum absolute atomic E-state index is 0.0952. The van der Waals surface area contributed by atoms with Crippen LogP contribution in [0.5, 0.6) is 11.5 Å². The number of aliphatic hydroxyl groups is 1. The second-order valence-corrected chi connectivity index (χ2v) is 4.76. The van der Waals surface area contributed by atoms with Crippen LogP contribution in [0.3, 0.4) is 0 Å². The van der Waals surface area contributed by atoms with Crippen molar-refractivity contribution in [3.05, 3.63) is 53.9 Å². The Labute approximate surface area is 119 Å². The minimum Gasteiger partial charge on any atom is -0.495 e. The van der Waals surface area contributed by atoms with E-state index in [1.807, 2.05) is 38.1 Å². The molecule has 1 N–H and O–H groups in total. The molecule has 1 aromatic carbocycles. The summed E-state index contributed by atoms with van der Waals surface area (Å²) in [4.78, 5) is 3.99. The van der Waals surface area contributed by atoms with E-state index in [0.29, 0.717) is 11.3 Å². The Morgan fingerprint density at radius 2 is 2.00 bits per heavy atom. The van der Waals surface area contributed by atoms with E-state index in [-0.39, 0.29) is 6.10 Å². The molecule has 4 heteroatoms. The van der Waals surface area contributed by atoms with Gasteiger partial charge in [-0.3, -0.25) is 4.98 Å². The van der Waals surface area contributed by atoms with Crippen LogP contribution in [0.2, 0.25) is 0 Å². The van der Waals surface area contributed by atoms with Gasteiger partial charge < -0.3 is 14.6 Å². The molecule has 2 aromatic rings. The minimum atomic E-state index is -0.774. The van der Waals surface area contributed by atoms with E-state index >= 15 is 0 Å². The van der Waals surface area contributed by atoms with Crippen molar-refractivity contribution in [3.63, 3.8) is 0 Å². The molecule has 0 saturated carbocycles. The quantitative estimate of drug-likeness (QED) is 0.910. The van der Waals surface area contributed by atoms with Gasteiger partial charge in [0.25, 0.3) is 0 Å². The number of ether oxygens (including phenoxy) is 2. The zero-order valence-electron chi connectivity index (χ0n) is 11.9. The highest BCUT2D eigenvalue weighted by molar-refractivity contribution is 5.40. The van der Waals surface area contributed by atoms with Crippen molar-refractivity contribution in [2.45, 2.75) is 26.1 Å². The summed E-state index contributed by atoms with van der Waals surface area (Å²) < 4.78 is 10.9. The maximum atomic E-state index is 10.5. The summed E-state index contributed by atoms with van der Waals surface area (Å²) in [6.07, 6.45) is 2.55. The van der Waals surface area contributed by atoms with E-state index in [0.717, 1.165) is 11.3 Å². The van der Waals surface area contributed by atoms with Crippen LogP contribution in [0.25, 0.3) is 0 Å². The standard InChI is InChI=1S/C16H19NO3/c1-11(2)20-13-6-4-5-12(9-13)16(18)14-7-8-17-10-15(14)19-3/h4-11,16,18H,1-3H3. The van der Waals surface area contributed by atoms with Gasteiger partial charge in [-0.2, -0.15) is 0 Å². The van der Waals surface area contributed by atoms with Crippen molar-refractivity contribution in [2.24, 2.45) is 0 Å². The first-order valence-corrected chi connectivity index (χ1v) is 6.54. The van der Waals surface area contributed by atoms with E-state index in [1.54, 1.807) is 25.6 Å². The average Bonchev–Trinajstić information content (AvgIpc) is 2.46. The maximum absolute atomic E-state index is 10.5. The van der Waals surface area contributed by atoms with Crippen molar-refractivity contribution in [2.75, 3.05) is 7.11 Å². The number of hydrogen-bond donors (Lipinski definition) is 1. The second kappa shape index (κ2) is 6.39. The molecule has 0 amide bonds. The lowest BCUT2D eigenvalue weighted by Crippen LogP contribution is -2.07. The summed E-state index contributed by atoms with van der Waals surface area (Å²) in [6.45, 7) is 3.93. The van der Waals surface area contributed by atoms with Gasteiger partial charge in [0.05, 0.1) is 19.4 Å². The number of methoxy groups -OCH3 is 1. The first-order valence-electron chi connectivity index (χ1n) is 6.54. The van der Waals surface area contributed by atoms with Gasteiger partial charge in [-0.25, -0.2) is 0 Å². The SMILES string of the molecule is COc1cnccc1C(O)c1cccc(OC(C)C)c1. The molecule has 0 saturated heterocycles. The fourth-order valence-corrected chi connectivity index (χ4v) is 2.00. The lowest BCUT2D eigenvalue weighted by molar-refractivity contribution is 0.211. The van der Waals surface area contributed by atoms with Gasteiger partial charge in [0.1, 0.15) is 17.6 Å². The lowest BCUT2D eigenvalue weighted by atomic mass is 10.0. The van der Waals surface area contributed by atoms with Crippen LogP contribution in [0, 0.1) is 0 Å². The van der Waals surface area contributed by atoms with Crippen LogP contribution in [-0.2, 0) is 0 Å². The maximum Gasteiger partial charge on any atom is 0.143 e. The van der Waals surface area contributed by atoms with Gasteiger partial charge in [0, 0.05) is 11.8 Å².